The third-order valence-corrected chi connectivity index (χ3v) is 3.47. The van der Waals surface area contributed by atoms with Gasteiger partial charge in [0.15, 0.2) is 0 Å². The van der Waals surface area contributed by atoms with Crippen molar-refractivity contribution in [3.05, 3.63) is 24.0 Å². The molecule has 1 aliphatic rings. The first-order valence-corrected chi connectivity index (χ1v) is 6.57. The fourth-order valence-electron chi connectivity index (χ4n) is 2.39. The van der Waals surface area contributed by atoms with Crippen molar-refractivity contribution in [1.29, 1.82) is 0 Å². The number of hydrogen-bond acceptors (Lipinski definition) is 4. The van der Waals surface area contributed by atoms with Gasteiger partial charge >= 0.3 is 0 Å². The molecule has 1 aliphatic carbocycles. The lowest BCUT2D eigenvalue weighted by Gasteiger charge is -2.15. The van der Waals surface area contributed by atoms with Crippen LogP contribution in [0, 0.1) is 0 Å². The van der Waals surface area contributed by atoms with E-state index in [4.69, 9.17) is 4.74 Å². The van der Waals surface area contributed by atoms with Gasteiger partial charge in [0, 0.05) is 39.1 Å². The van der Waals surface area contributed by atoms with E-state index in [1.54, 1.807) is 27.4 Å². The van der Waals surface area contributed by atoms with Gasteiger partial charge < -0.3 is 15.0 Å². The van der Waals surface area contributed by atoms with Crippen molar-refractivity contribution in [2.24, 2.45) is 0 Å². The predicted molar refractivity (Wildman–Crippen MR) is 74.3 cm³/mol. The van der Waals surface area contributed by atoms with E-state index in [9.17, 15) is 4.79 Å². The van der Waals surface area contributed by atoms with Gasteiger partial charge in [-0.25, -0.2) is 0 Å². The summed E-state index contributed by atoms with van der Waals surface area (Å²) in [7, 11) is 5.21. The van der Waals surface area contributed by atoms with Gasteiger partial charge in [-0.3, -0.25) is 9.78 Å². The molecule has 2 unspecified atom stereocenters. The molecule has 0 bridgehead atoms. The number of rotatable bonds is 4. The number of nitrogens with one attached hydrogen (secondary N) is 1. The highest BCUT2D eigenvalue weighted by Crippen LogP contribution is 2.24. The van der Waals surface area contributed by atoms with Gasteiger partial charge in [-0.15, -0.1) is 0 Å². The van der Waals surface area contributed by atoms with Crippen LogP contribution < -0.4 is 5.32 Å². The van der Waals surface area contributed by atoms with E-state index in [0.717, 1.165) is 24.9 Å². The Morgan fingerprint density at radius 2 is 2.26 bits per heavy atom. The molecule has 2 atom stereocenters. The first-order chi connectivity index (χ1) is 9.10. The van der Waals surface area contributed by atoms with Crippen molar-refractivity contribution in [1.82, 2.24) is 9.88 Å². The molecule has 5 heteroatoms. The summed E-state index contributed by atoms with van der Waals surface area (Å²) in [6.07, 6.45) is 5.21. The quantitative estimate of drug-likeness (QED) is 0.899. The van der Waals surface area contributed by atoms with Gasteiger partial charge in [0.1, 0.15) is 5.69 Å². The second-order valence-corrected chi connectivity index (χ2v) is 5.14. The van der Waals surface area contributed by atoms with Gasteiger partial charge in [0.2, 0.25) is 0 Å². The lowest BCUT2D eigenvalue weighted by atomic mass is 10.2. The zero-order valence-electron chi connectivity index (χ0n) is 11.7. The number of carbonyl (C=O) groups is 1. The molecule has 104 valence electrons. The molecule has 1 fully saturated rings. The average Bonchev–Trinajstić information content (AvgIpc) is 2.85. The summed E-state index contributed by atoms with van der Waals surface area (Å²) in [5.41, 5.74) is 1.42. The van der Waals surface area contributed by atoms with Crippen LogP contribution in [-0.4, -0.2) is 49.1 Å². The van der Waals surface area contributed by atoms with E-state index in [-0.39, 0.29) is 5.91 Å². The lowest BCUT2D eigenvalue weighted by molar-refractivity contribution is 0.0822. The van der Waals surface area contributed by atoms with Crippen LogP contribution in [0.15, 0.2) is 18.3 Å². The maximum Gasteiger partial charge on any atom is 0.272 e. The normalized spacial score (nSPS) is 22.3. The van der Waals surface area contributed by atoms with Crippen molar-refractivity contribution in [2.75, 3.05) is 26.5 Å². The Morgan fingerprint density at radius 1 is 1.47 bits per heavy atom. The van der Waals surface area contributed by atoms with Crippen molar-refractivity contribution >= 4 is 11.6 Å². The summed E-state index contributed by atoms with van der Waals surface area (Å²) in [6.45, 7) is 0. The molecule has 19 heavy (non-hydrogen) atoms. The standard InChI is InChI=1S/C14H21N3O2/c1-17(2)14(18)13-9-11(6-7-15-13)16-10-4-5-12(8-10)19-3/h6-7,9-10,12H,4-5,8H2,1-3H3,(H,15,16). The fourth-order valence-corrected chi connectivity index (χ4v) is 2.39. The van der Waals surface area contributed by atoms with E-state index in [0.29, 0.717) is 17.8 Å². The summed E-state index contributed by atoms with van der Waals surface area (Å²) < 4.78 is 5.36. The van der Waals surface area contributed by atoms with Gasteiger partial charge in [-0.2, -0.15) is 0 Å². The first-order valence-electron chi connectivity index (χ1n) is 6.57. The third kappa shape index (κ3) is 3.44. The Morgan fingerprint density at radius 3 is 2.89 bits per heavy atom. The molecule has 1 heterocycles. The minimum absolute atomic E-state index is 0.0789. The largest absolute Gasteiger partial charge is 0.382 e. The number of anilines is 1. The first kappa shape index (κ1) is 13.8. The molecular formula is C14H21N3O2. The molecule has 0 aliphatic heterocycles. The minimum atomic E-state index is -0.0789. The van der Waals surface area contributed by atoms with Crippen LogP contribution in [0.4, 0.5) is 5.69 Å². The van der Waals surface area contributed by atoms with Crippen molar-refractivity contribution in [3.8, 4) is 0 Å². The molecule has 0 spiro atoms. The Kier molecular flexibility index (Phi) is 4.37. The minimum Gasteiger partial charge on any atom is -0.382 e. The van der Waals surface area contributed by atoms with E-state index in [1.165, 1.54) is 4.90 Å². The summed E-state index contributed by atoms with van der Waals surface area (Å²) in [5, 5.41) is 3.45. The van der Waals surface area contributed by atoms with Gasteiger partial charge in [-0.1, -0.05) is 0 Å². The van der Waals surface area contributed by atoms with E-state index < -0.39 is 0 Å². The molecule has 1 aromatic rings. The fraction of sp³-hybridized carbons (Fsp3) is 0.571. The van der Waals surface area contributed by atoms with E-state index in [2.05, 4.69) is 10.3 Å². The molecular weight excluding hydrogens is 242 g/mol. The SMILES string of the molecule is COC1CCC(Nc2ccnc(C(=O)N(C)C)c2)C1. The van der Waals surface area contributed by atoms with E-state index >= 15 is 0 Å². The Balaban J connectivity index is 2.01. The molecule has 5 nitrogen and oxygen atoms in total. The molecule has 2 rings (SSSR count). The molecule has 1 N–H and O–H groups in total. The number of pyridine rings is 1. The summed E-state index contributed by atoms with van der Waals surface area (Å²) in [6, 6.07) is 4.12. The number of ether oxygens (including phenoxy) is 1. The van der Waals surface area contributed by atoms with Gasteiger partial charge in [-0.05, 0) is 31.4 Å². The second-order valence-electron chi connectivity index (χ2n) is 5.14. The number of hydrogen-bond donors (Lipinski definition) is 1. The summed E-state index contributed by atoms with van der Waals surface area (Å²) in [5.74, 6) is -0.0789. The van der Waals surface area contributed by atoms with Crippen LogP contribution >= 0.6 is 0 Å². The van der Waals surface area contributed by atoms with Crippen LogP contribution in [0.25, 0.3) is 0 Å². The highest BCUT2D eigenvalue weighted by atomic mass is 16.5. The summed E-state index contributed by atoms with van der Waals surface area (Å²) in [4.78, 5) is 17.5. The third-order valence-electron chi connectivity index (χ3n) is 3.47. The van der Waals surface area contributed by atoms with Gasteiger partial charge in [0.05, 0.1) is 6.10 Å². The molecule has 1 aromatic heterocycles. The van der Waals surface area contributed by atoms with E-state index in [1.807, 2.05) is 12.1 Å². The molecule has 0 aromatic carbocycles. The zero-order valence-corrected chi connectivity index (χ0v) is 11.7. The highest BCUT2D eigenvalue weighted by Gasteiger charge is 2.24. The molecule has 1 amide bonds. The smallest absolute Gasteiger partial charge is 0.272 e. The number of aromatic nitrogens is 1. The van der Waals surface area contributed by atoms with Crippen LogP contribution in [-0.2, 0) is 4.74 Å². The second kappa shape index (κ2) is 6.02. The molecule has 1 saturated carbocycles. The predicted octanol–water partition coefficient (Wildman–Crippen LogP) is 1.76. The Labute approximate surface area is 114 Å². The Bertz CT molecular complexity index is 448. The maximum atomic E-state index is 11.8. The lowest BCUT2D eigenvalue weighted by Crippen LogP contribution is -2.23. The number of carbonyl (C=O) groups excluding carboxylic acids is 1. The van der Waals surface area contributed by atoms with Crippen LogP contribution in [0.2, 0.25) is 0 Å². The monoisotopic (exact) mass is 263 g/mol. The topological polar surface area (TPSA) is 54.5 Å². The Hall–Kier alpha value is -1.62. The molecule has 0 saturated heterocycles. The molecule has 0 radical (unpaired) electrons. The van der Waals surface area contributed by atoms with Crippen molar-refractivity contribution in [2.45, 2.75) is 31.4 Å². The average molecular weight is 263 g/mol. The number of amides is 1. The number of methoxy groups -OCH3 is 1. The maximum absolute atomic E-state index is 11.8. The van der Waals surface area contributed by atoms with Crippen molar-refractivity contribution < 1.29 is 9.53 Å². The van der Waals surface area contributed by atoms with Crippen LogP contribution in [0.5, 0.6) is 0 Å². The number of nitrogens with zero attached hydrogens (tertiary/aromatic N) is 2. The zero-order chi connectivity index (χ0) is 13.8. The highest BCUT2D eigenvalue weighted by molar-refractivity contribution is 5.92. The van der Waals surface area contributed by atoms with Crippen LogP contribution in [0.3, 0.4) is 0 Å². The summed E-state index contributed by atoms with van der Waals surface area (Å²) >= 11 is 0. The van der Waals surface area contributed by atoms with Crippen LogP contribution in [0.1, 0.15) is 29.8 Å². The van der Waals surface area contributed by atoms with Crippen molar-refractivity contribution in [3.63, 3.8) is 0 Å². The van der Waals surface area contributed by atoms with Gasteiger partial charge in [0.25, 0.3) is 5.91 Å².